The molecule has 0 aliphatic carbocycles. The van der Waals surface area contributed by atoms with Crippen LogP contribution in [0.5, 0.6) is 17.5 Å². The van der Waals surface area contributed by atoms with Crippen molar-refractivity contribution in [3.63, 3.8) is 0 Å². The summed E-state index contributed by atoms with van der Waals surface area (Å²) in [6.45, 7) is 9.87. The fraction of sp³-hybridized carbons (Fsp3) is 0.545. The molecule has 0 unspecified atom stereocenters. The van der Waals surface area contributed by atoms with Gasteiger partial charge in [0.1, 0.15) is 13.2 Å². The number of rotatable bonds is 5. The van der Waals surface area contributed by atoms with E-state index in [1.165, 1.54) is 5.56 Å². The third kappa shape index (κ3) is 5.34. The summed E-state index contributed by atoms with van der Waals surface area (Å²) in [6, 6.07) is 8.51. The first-order valence-electron chi connectivity index (χ1n) is 9.98. The summed E-state index contributed by atoms with van der Waals surface area (Å²) in [5, 5.41) is 0. The van der Waals surface area contributed by atoms with E-state index in [9.17, 15) is 0 Å². The summed E-state index contributed by atoms with van der Waals surface area (Å²) < 4.78 is 16.6. The maximum absolute atomic E-state index is 5.66. The van der Waals surface area contributed by atoms with Crippen LogP contribution in [0.1, 0.15) is 43.3 Å². The predicted molar refractivity (Wildman–Crippen MR) is 128 cm³/mol. The Morgan fingerprint density at radius 1 is 1.17 bits per heavy atom. The molecule has 2 aliphatic heterocycles. The van der Waals surface area contributed by atoms with Crippen molar-refractivity contribution in [2.45, 2.75) is 39.7 Å². The van der Waals surface area contributed by atoms with Crippen LogP contribution in [0.3, 0.4) is 0 Å². The van der Waals surface area contributed by atoms with Gasteiger partial charge < -0.3 is 14.2 Å². The van der Waals surface area contributed by atoms with Gasteiger partial charge in [-0.2, -0.15) is 27.0 Å². The van der Waals surface area contributed by atoms with E-state index >= 15 is 0 Å². The van der Waals surface area contributed by atoms with E-state index < -0.39 is 0 Å². The third-order valence-electron chi connectivity index (χ3n) is 5.82. The van der Waals surface area contributed by atoms with Crippen molar-refractivity contribution in [1.29, 1.82) is 0 Å². The number of methoxy groups -OCH3 is 1. The lowest BCUT2D eigenvalue weighted by Crippen LogP contribution is -2.29. The summed E-state index contributed by atoms with van der Waals surface area (Å²) in [6.07, 6.45) is 2.18. The zero-order chi connectivity index (χ0) is 19.7. The van der Waals surface area contributed by atoms with Gasteiger partial charge in [-0.05, 0) is 62.4 Å². The number of hydrogen-bond acceptors (Lipinski definition) is 6. The SMILES string of the molecule is COc1cc(C[C@@]2(C)CCN([C@@H](C)c3ccc4c(n3)OCCO4)C2)cc(C)n1.S.S. The molecule has 2 atom stereocenters. The van der Waals surface area contributed by atoms with E-state index in [2.05, 4.69) is 41.9 Å². The molecule has 0 bridgehead atoms. The second-order valence-corrected chi connectivity index (χ2v) is 8.28. The molecule has 2 aliphatic rings. The fourth-order valence-corrected chi connectivity index (χ4v) is 4.31. The van der Waals surface area contributed by atoms with Gasteiger partial charge in [-0.15, -0.1) is 0 Å². The highest BCUT2D eigenvalue weighted by Gasteiger charge is 2.36. The number of nitrogens with zero attached hydrogens (tertiary/aromatic N) is 3. The highest BCUT2D eigenvalue weighted by Crippen LogP contribution is 2.39. The average molecular weight is 452 g/mol. The lowest BCUT2D eigenvalue weighted by molar-refractivity contribution is 0.161. The molecule has 1 saturated heterocycles. The minimum absolute atomic E-state index is 0. The molecule has 30 heavy (non-hydrogen) atoms. The molecule has 166 valence electrons. The first-order valence-corrected chi connectivity index (χ1v) is 9.98. The first-order chi connectivity index (χ1) is 13.5. The van der Waals surface area contributed by atoms with Crippen molar-refractivity contribution in [2.24, 2.45) is 5.41 Å². The summed E-state index contributed by atoms with van der Waals surface area (Å²) in [5.41, 5.74) is 3.55. The van der Waals surface area contributed by atoms with E-state index in [1.54, 1.807) is 7.11 Å². The highest BCUT2D eigenvalue weighted by atomic mass is 32.1. The van der Waals surface area contributed by atoms with E-state index in [0.29, 0.717) is 25.0 Å². The van der Waals surface area contributed by atoms with Gasteiger partial charge in [0.05, 0.1) is 12.8 Å². The maximum Gasteiger partial charge on any atom is 0.257 e. The van der Waals surface area contributed by atoms with Crippen LogP contribution in [-0.2, 0) is 6.42 Å². The van der Waals surface area contributed by atoms with Crippen LogP contribution in [-0.4, -0.2) is 48.3 Å². The number of likely N-dealkylation sites (tertiary alicyclic amines) is 1. The second-order valence-electron chi connectivity index (χ2n) is 8.28. The standard InChI is InChI=1S/C22H29N3O3.2H2S/c1-15-11-17(12-20(23-15)26-4)13-22(3)7-8-25(14-22)16(2)18-5-6-19-21(24-18)28-10-9-27-19;;/h5-6,11-12,16H,7-10,13-14H2,1-4H3;2*1H2/t16-,22+;;/m0../s1. The Kier molecular flexibility index (Phi) is 8.30. The number of pyridine rings is 2. The quantitative estimate of drug-likeness (QED) is 0.689. The molecular weight excluding hydrogens is 418 g/mol. The molecule has 2 aromatic rings. The Labute approximate surface area is 193 Å². The van der Waals surface area contributed by atoms with Gasteiger partial charge in [-0.25, -0.2) is 9.97 Å². The summed E-state index contributed by atoms with van der Waals surface area (Å²) in [5.74, 6) is 2.06. The van der Waals surface area contributed by atoms with Crippen molar-refractivity contribution in [2.75, 3.05) is 33.4 Å². The lowest BCUT2D eigenvalue weighted by Gasteiger charge is -2.29. The molecule has 4 heterocycles. The van der Waals surface area contributed by atoms with Crippen molar-refractivity contribution in [3.8, 4) is 17.5 Å². The van der Waals surface area contributed by atoms with Crippen LogP contribution in [0.2, 0.25) is 0 Å². The van der Waals surface area contributed by atoms with Gasteiger partial charge in [-0.3, -0.25) is 4.90 Å². The summed E-state index contributed by atoms with van der Waals surface area (Å²) in [4.78, 5) is 11.6. The number of hydrogen-bond donors (Lipinski definition) is 0. The lowest BCUT2D eigenvalue weighted by atomic mass is 9.83. The molecule has 1 fully saturated rings. The van der Waals surface area contributed by atoms with E-state index in [4.69, 9.17) is 19.2 Å². The molecule has 0 amide bonds. The zero-order valence-electron chi connectivity index (χ0n) is 18.2. The highest BCUT2D eigenvalue weighted by molar-refractivity contribution is 7.59. The topological polar surface area (TPSA) is 56.7 Å². The van der Waals surface area contributed by atoms with Crippen LogP contribution in [0.25, 0.3) is 0 Å². The fourth-order valence-electron chi connectivity index (χ4n) is 4.31. The Balaban J connectivity index is 0.00000160. The molecule has 0 aromatic carbocycles. The molecular formula is C22H33N3O3S2. The van der Waals surface area contributed by atoms with Crippen LogP contribution < -0.4 is 14.2 Å². The first kappa shape index (κ1) is 24.6. The third-order valence-corrected chi connectivity index (χ3v) is 5.82. The zero-order valence-corrected chi connectivity index (χ0v) is 20.2. The summed E-state index contributed by atoms with van der Waals surface area (Å²) in [7, 11) is 1.67. The number of aryl methyl sites for hydroxylation is 1. The van der Waals surface area contributed by atoms with Crippen molar-refractivity contribution in [1.82, 2.24) is 14.9 Å². The Morgan fingerprint density at radius 2 is 1.93 bits per heavy atom. The average Bonchev–Trinajstić information content (AvgIpc) is 3.08. The van der Waals surface area contributed by atoms with Gasteiger partial charge in [0.15, 0.2) is 5.75 Å². The molecule has 0 saturated carbocycles. The largest absolute Gasteiger partial charge is 0.484 e. The van der Waals surface area contributed by atoms with E-state index in [1.807, 2.05) is 13.0 Å². The normalized spacial score (nSPS) is 21.3. The van der Waals surface area contributed by atoms with Crippen LogP contribution in [0.4, 0.5) is 0 Å². The van der Waals surface area contributed by atoms with Gasteiger partial charge >= 0.3 is 0 Å². The number of ether oxygens (including phenoxy) is 3. The predicted octanol–water partition coefficient (Wildman–Crippen LogP) is 3.81. The van der Waals surface area contributed by atoms with Gasteiger partial charge in [-0.1, -0.05) is 6.92 Å². The maximum atomic E-state index is 5.66. The van der Waals surface area contributed by atoms with Crippen LogP contribution >= 0.6 is 27.0 Å². The molecule has 2 aromatic heterocycles. The van der Waals surface area contributed by atoms with E-state index in [0.717, 1.165) is 43.1 Å². The smallest absolute Gasteiger partial charge is 0.257 e. The Bertz CT molecular complexity index is 868. The Morgan fingerprint density at radius 3 is 2.70 bits per heavy atom. The number of fused-ring (bicyclic) bond motifs is 1. The molecule has 8 heteroatoms. The van der Waals surface area contributed by atoms with Crippen molar-refractivity contribution in [3.05, 3.63) is 41.2 Å². The molecule has 0 N–H and O–H groups in total. The Hall–Kier alpha value is -1.64. The molecule has 0 radical (unpaired) electrons. The van der Waals surface area contributed by atoms with Crippen LogP contribution in [0.15, 0.2) is 24.3 Å². The second kappa shape index (κ2) is 10.1. The molecule has 6 nitrogen and oxygen atoms in total. The van der Waals surface area contributed by atoms with Gasteiger partial charge in [0.25, 0.3) is 5.88 Å². The number of aromatic nitrogens is 2. The van der Waals surface area contributed by atoms with Crippen molar-refractivity contribution >= 4 is 27.0 Å². The monoisotopic (exact) mass is 451 g/mol. The van der Waals surface area contributed by atoms with Crippen molar-refractivity contribution < 1.29 is 14.2 Å². The minimum Gasteiger partial charge on any atom is -0.484 e. The van der Waals surface area contributed by atoms with Gasteiger partial charge in [0, 0.05) is 24.3 Å². The summed E-state index contributed by atoms with van der Waals surface area (Å²) >= 11 is 0. The molecule has 0 spiro atoms. The van der Waals surface area contributed by atoms with Crippen LogP contribution in [0, 0.1) is 12.3 Å². The van der Waals surface area contributed by atoms with E-state index in [-0.39, 0.29) is 38.4 Å². The molecule has 4 rings (SSSR count). The minimum atomic E-state index is 0. The van der Waals surface area contributed by atoms with Gasteiger partial charge in [0.2, 0.25) is 5.88 Å².